The molecule has 3 rings (SSSR count). The maximum absolute atomic E-state index is 12.8. The molecule has 0 spiro atoms. The number of sulfone groups is 1. The van der Waals surface area contributed by atoms with E-state index >= 15 is 0 Å². The second-order valence-corrected chi connectivity index (χ2v) is 7.90. The van der Waals surface area contributed by atoms with E-state index < -0.39 is 15.1 Å². The minimum absolute atomic E-state index is 0.0491. The number of carbonyl (C=O) groups excluding carboxylic acids is 1. The van der Waals surface area contributed by atoms with Crippen LogP contribution >= 0.6 is 0 Å². The van der Waals surface area contributed by atoms with Crippen molar-refractivity contribution in [3.8, 4) is 0 Å². The fraction of sp³-hybridized carbons (Fsp3) is 0.533. The fourth-order valence-electron chi connectivity index (χ4n) is 3.42. The Bertz CT molecular complexity index is 628. The van der Waals surface area contributed by atoms with Crippen LogP contribution in [0.3, 0.4) is 0 Å². The summed E-state index contributed by atoms with van der Waals surface area (Å²) >= 11 is 0. The molecule has 0 aliphatic carbocycles. The molecule has 0 saturated carbocycles. The number of esters is 1. The summed E-state index contributed by atoms with van der Waals surface area (Å²) in [5, 5.41) is 2.88. The second kappa shape index (κ2) is 5.42. The first-order valence-corrected chi connectivity index (χ1v) is 8.75. The van der Waals surface area contributed by atoms with E-state index in [0.717, 1.165) is 6.42 Å². The molecule has 0 radical (unpaired) electrons. The molecule has 114 valence electrons. The third-order valence-electron chi connectivity index (χ3n) is 4.36. The predicted molar refractivity (Wildman–Crippen MR) is 77.5 cm³/mol. The average molecular weight is 309 g/mol. The van der Waals surface area contributed by atoms with E-state index in [1.54, 1.807) is 30.3 Å². The molecule has 1 aromatic carbocycles. The van der Waals surface area contributed by atoms with Gasteiger partial charge in [0.2, 0.25) is 0 Å². The molecular formula is C15H19NO4S. The van der Waals surface area contributed by atoms with E-state index in [4.69, 9.17) is 4.74 Å². The summed E-state index contributed by atoms with van der Waals surface area (Å²) in [4.78, 5) is 11.5. The van der Waals surface area contributed by atoms with Crippen molar-refractivity contribution < 1.29 is 17.9 Å². The predicted octanol–water partition coefficient (Wildman–Crippen LogP) is 1.28. The van der Waals surface area contributed by atoms with Crippen molar-refractivity contribution in [1.82, 2.24) is 5.32 Å². The first kappa shape index (κ1) is 14.5. The lowest BCUT2D eigenvalue weighted by atomic mass is 10.0. The molecule has 4 atom stereocenters. The molecule has 2 heterocycles. The first-order chi connectivity index (χ1) is 9.98. The number of piperidine rings is 1. The van der Waals surface area contributed by atoms with Crippen LogP contribution in [0.5, 0.6) is 0 Å². The van der Waals surface area contributed by atoms with E-state index in [1.807, 2.05) is 0 Å². The Labute approximate surface area is 124 Å². The van der Waals surface area contributed by atoms with Gasteiger partial charge in [-0.3, -0.25) is 4.79 Å². The lowest BCUT2D eigenvalue weighted by molar-refractivity contribution is -0.148. The standard InChI is InChI=1S/C15H19NO4S/c1-10(17)20-14-8-7-12-15(9-13(14)16-12)21(18,19)11-5-3-2-4-6-11/h2-6,12-16H,7-9H2,1H3/t12?,13?,14-,15-/m0/s1. The van der Waals surface area contributed by atoms with E-state index in [0.29, 0.717) is 17.7 Å². The van der Waals surface area contributed by atoms with Gasteiger partial charge in [-0.2, -0.15) is 0 Å². The van der Waals surface area contributed by atoms with E-state index in [1.165, 1.54) is 6.92 Å². The summed E-state index contributed by atoms with van der Waals surface area (Å²) in [5.41, 5.74) is 0. The van der Waals surface area contributed by atoms with Gasteiger partial charge in [-0.15, -0.1) is 0 Å². The molecule has 2 saturated heterocycles. The largest absolute Gasteiger partial charge is 0.461 e. The Morgan fingerprint density at radius 2 is 1.90 bits per heavy atom. The smallest absolute Gasteiger partial charge is 0.302 e. The minimum Gasteiger partial charge on any atom is -0.461 e. The van der Waals surface area contributed by atoms with Crippen LogP contribution in [0.2, 0.25) is 0 Å². The van der Waals surface area contributed by atoms with Crippen molar-refractivity contribution >= 4 is 15.8 Å². The van der Waals surface area contributed by atoms with Gasteiger partial charge in [-0.25, -0.2) is 8.42 Å². The summed E-state index contributed by atoms with van der Waals surface area (Å²) in [6, 6.07) is 8.46. The third kappa shape index (κ3) is 2.70. The van der Waals surface area contributed by atoms with Crippen molar-refractivity contribution in [1.29, 1.82) is 0 Å². The van der Waals surface area contributed by atoms with Gasteiger partial charge in [0.05, 0.1) is 10.1 Å². The van der Waals surface area contributed by atoms with Crippen molar-refractivity contribution in [2.24, 2.45) is 0 Å². The number of ether oxygens (including phenoxy) is 1. The quantitative estimate of drug-likeness (QED) is 0.852. The SMILES string of the molecule is CC(=O)O[C@H]1CCC2NC1C[C@@H]2S(=O)(=O)c1ccccc1. The molecule has 5 nitrogen and oxygen atoms in total. The number of hydrogen-bond donors (Lipinski definition) is 1. The van der Waals surface area contributed by atoms with Gasteiger partial charge in [-0.1, -0.05) is 18.2 Å². The molecule has 2 bridgehead atoms. The third-order valence-corrected chi connectivity index (χ3v) is 6.61. The summed E-state index contributed by atoms with van der Waals surface area (Å²) < 4.78 is 30.8. The van der Waals surface area contributed by atoms with Crippen molar-refractivity contribution in [3.05, 3.63) is 30.3 Å². The summed E-state index contributed by atoms with van der Waals surface area (Å²) in [7, 11) is -3.35. The van der Waals surface area contributed by atoms with Gasteiger partial charge in [0.1, 0.15) is 6.10 Å². The van der Waals surface area contributed by atoms with Crippen molar-refractivity contribution in [2.75, 3.05) is 0 Å². The van der Waals surface area contributed by atoms with Crippen LogP contribution in [0.25, 0.3) is 0 Å². The Hall–Kier alpha value is -1.40. The Morgan fingerprint density at radius 3 is 2.57 bits per heavy atom. The van der Waals surface area contributed by atoms with Gasteiger partial charge in [0.15, 0.2) is 9.84 Å². The van der Waals surface area contributed by atoms with Crippen LogP contribution in [0.1, 0.15) is 26.2 Å². The number of benzene rings is 1. The van der Waals surface area contributed by atoms with E-state index in [2.05, 4.69) is 5.32 Å². The Balaban J connectivity index is 1.82. The van der Waals surface area contributed by atoms with Gasteiger partial charge in [0, 0.05) is 19.0 Å². The zero-order chi connectivity index (χ0) is 15.0. The zero-order valence-corrected chi connectivity index (χ0v) is 12.7. The number of hydrogen-bond acceptors (Lipinski definition) is 5. The molecule has 0 amide bonds. The molecule has 6 heteroatoms. The number of nitrogens with one attached hydrogen (secondary N) is 1. The zero-order valence-electron chi connectivity index (χ0n) is 11.9. The summed E-state index contributed by atoms with van der Waals surface area (Å²) in [5.74, 6) is -0.311. The van der Waals surface area contributed by atoms with Crippen molar-refractivity contribution in [3.63, 3.8) is 0 Å². The number of carbonyl (C=O) groups is 1. The van der Waals surface area contributed by atoms with Gasteiger partial charge in [-0.05, 0) is 31.4 Å². The average Bonchev–Trinajstić information content (AvgIpc) is 2.82. The fourth-order valence-corrected chi connectivity index (χ4v) is 5.41. The normalized spacial score (nSPS) is 31.9. The highest BCUT2D eigenvalue weighted by Crippen LogP contribution is 2.35. The summed E-state index contributed by atoms with van der Waals surface area (Å²) in [6.07, 6.45) is 1.73. The summed E-state index contributed by atoms with van der Waals surface area (Å²) in [6.45, 7) is 1.39. The first-order valence-electron chi connectivity index (χ1n) is 7.20. The van der Waals surface area contributed by atoms with Crippen LogP contribution in [-0.2, 0) is 19.4 Å². The number of fused-ring (bicyclic) bond motifs is 2. The van der Waals surface area contributed by atoms with Crippen molar-refractivity contribution in [2.45, 2.75) is 54.5 Å². The lowest BCUT2D eigenvalue weighted by Gasteiger charge is -2.29. The molecule has 1 aromatic rings. The Morgan fingerprint density at radius 1 is 1.19 bits per heavy atom. The molecule has 0 aromatic heterocycles. The van der Waals surface area contributed by atoms with Gasteiger partial charge >= 0.3 is 5.97 Å². The van der Waals surface area contributed by atoms with Crippen LogP contribution in [0.15, 0.2) is 35.2 Å². The topological polar surface area (TPSA) is 72.5 Å². The molecule has 2 aliphatic heterocycles. The van der Waals surface area contributed by atoms with Crippen LogP contribution in [0, 0.1) is 0 Å². The molecule has 2 fully saturated rings. The lowest BCUT2D eigenvalue weighted by Crippen LogP contribution is -2.47. The van der Waals surface area contributed by atoms with Crippen LogP contribution in [-0.4, -0.2) is 37.8 Å². The second-order valence-electron chi connectivity index (χ2n) is 5.74. The number of rotatable bonds is 3. The Kier molecular flexibility index (Phi) is 3.75. The maximum atomic E-state index is 12.8. The maximum Gasteiger partial charge on any atom is 0.302 e. The highest BCUT2D eigenvalue weighted by Gasteiger charge is 2.48. The van der Waals surface area contributed by atoms with Gasteiger partial charge < -0.3 is 10.1 Å². The van der Waals surface area contributed by atoms with Gasteiger partial charge in [0.25, 0.3) is 0 Å². The van der Waals surface area contributed by atoms with Crippen LogP contribution < -0.4 is 5.32 Å². The molecule has 1 N–H and O–H groups in total. The molecule has 21 heavy (non-hydrogen) atoms. The van der Waals surface area contributed by atoms with E-state index in [9.17, 15) is 13.2 Å². The monoisotopic (exact) mass is 309 g/mol. The minimum atomic E-state index is -3.35. The molecular weight excluding hydrogens is 290 g/mol. The molecule has 2 unspecified atom stereocenters. The highest BCUT2D eigenvalue weighted by atomic mass is 32.2. The van der Waals surface area contributed by atoms with Crippen LogP contribution in [0.4, 0.5) is 0 Å². The highest BCUT2D eigenvalue weighted by molar-refractivity contribution is 7.92. The molecule has 2 aliphatic rings. The van der Waals surface area contributed by atoms with E-state index in [-0.39, 0.29) is 24.2 Å².